The first-order valence-electron chi connectivity index (χ1n) is 5.93. The average Bonchev–Trinajstić information content (AvgIpc) is 2.82. The molecular weight excluding hydrogens is 246 g/mol. The monoisotopic (exact) mass is 261 g/mol. The molecule has 1 saturated heterocycles. The number of ether oxygens (including phenoxy) is 2. The summed E-state index contributed by atoms with van der Waals surface area (Å²) in [5.41, 5.74) is 1.64. The molecule has 0 aliphatic carbocycles. The number of aliphatic hydroxyl groups is 1. The van der Waals surface area contributed by atoms with Crippen LogP contribution in [0.15, 0.2) is 18.2 Å². The van der Waals surface area contributed by atoms with Crippen LogP contribution in [0.5, 0.6) is 5.75 Å². The molecule has 1 aromatic rings. The fraction of sp³-hybridized carbons (Fsp3) is 0.357. The van der Waals surface area contributed by atoms with E-state index in [1.807, 2.05) is 12.1 Å². The predicted octanol–water partition coefficient (Wildman–Crippen LogP) is 0.991. The van der Waals surface area contributed by atoms with Crippen LogP contribution in [-0.4, -0.2) is 43.0 Å². The lowest BCUT2D eigenvalue weighted by molar-refractivity contribution is 0.157. The van der Waals surface area contributed by atoms with Crippen molar-refractivity contribution >= 4 is 6.09 Å². The normalized spacial score (nSPS) is 13.8. The second kappa shape index (κ2) is 6.12. The van der Waals surface area contributed by atoms with Crippen LogP contribution in [0.4, 0.5) is 4.79 Å². The Morgan fingerprint density at radius 1 is 1.53 bits per heavy atom. The largest absolute Gasteiger partial charge is 0.496 e. The summed E-state index contributed by atoms with van der Waals surface area (Å²) in [5.74, 6) is 6.13. The van der Waals surface area contributed by atoms with Crippen molar-refractivity contribution in [2.45, 2.75) is 6.54 Å². The van der Waals surface area contributed by atoms with E-state index < -0.39 is 0 Å². The fourth-order valence-electron chi connectivity index (χ4n) is 1.90. The Balaban J connectivity index is 2.23. The minimum absolute atomic E-state index is 0.181. The third kappa shape index (κ3) is 3.18. The summed E-state index contributed by atoms with van der Waals surface area (Å²) in [6.45, 7) is 1.25. The molecule has 0 aromatic heterocycles. The lowest BCUT2D eigenvalue weighted by Crippen LogP contribution is -2.23. The molecule has 1 heterocycles. The predicted molar refractivity (Wildman–Crippen MR) is 68.7 cm³/mol. The van der Waals surface area contributed by atoms with Crippen molar-refractivity contribution in [2.75, 3.05) is 26.9 Å². The minimum Gasteiger partial charge on any atom is -0.496 e. The van der Waals surface area contributed by atoms with Gasteiger partial charge in [-0.3, -0.25) is 0 Å². The third-order valence-electron chi connectivity index (χ3n) is 2.80. The molecule has 0 saturated carbocycles. The summed E-state index contributed by atoms with van der Waals surface area (Å²) in [6, 6.07) is 5.47. The van der Waals surface area contributed by atoms with Gasteiger partial charge in [-0.2, -0.15) is 0 Å². The van der Waals surface area contributed by atoms with Gasteiger partial charge in [-0.15, -0.1) is 0 Å². The van der Waals surface area contributed by atoms with Crippen LogP contribution >= 0.6 is 0 Å². The van der Waals surface area contributed by atoms with Gasteiger partial charge < -0.3 is 19.5 Å². The van der Waals surface area contributed by atoms with Gasteiger partial charge >= 0.3 is 6.09 Å². The molecule has 1 fully saturated rings. The third-order valence-corrected chi connectivity index (χ3v) is 2.80. The van der Waals surface area contributed by atoms with Gasteiger partial charge in [0.05, 0.1) is 20.2 Å². The number of carbonyl (C=O) groups is 1. The molecular formula is C14H15NO4. The Kier molecular flexibility index (Phi) is 4.26. The highest BCUT2D eigenvalue weighted by atomic mass is 16.6. The molecule has 5 nitrogen and oxygen atoms in total. The lowest BCUT2D eigenvalue weighted by atomic mass is 10.1. The number of cyclic esters (lactones) is 1. The maximum Gasteiger partial charge on any atom is 0.410 e. The first-order valence-corrected chi connectivity index (χ1v) is 5.93. The van der Waals surface area contributed by atoms with Crippen LogP contribution in [0, 0.1) is 11.8 Å². The van der Waals surface area contributed by atoms with Gasteiger partial charge in [-0.05, 0) is 18.2 Å². The van der Waals surface area contributed by atoms with E-state index in [4.69, 9.17) is 14.6 Å². The van der Waals surface area contributed by atoms with Gasteiger partial charge in [0, 0.05) is 11.1 Å². The van der Waals surface area contributed by atoms with Gasteiger partial charge in [0.2, 0.25) is 0 Å². The first-order chi connectivity index (χ1) is 9.24. The molecule has 1 N–H and O–H groups in total. The summed E-state index contributed by atoms with van der Waals surface area (Å²) < 4.78 is 10.2. The second-order valence-electron chi connectivity index (χ2n) is 4.02. The van der Waals surface area contributed by atoms with E-state index in [-0.39, 0.29) is 12.7 Å². The Labute approximate surface area is 111 Å². The first kappa shape index (κ1) is 13.2. The van der Waals surface area contributed by atoms with Gasteiger partial charge in [-0.25, -0.2) is 4.79 Å². The SMILES string of the molecule is COc1ccc(C#CCO)cc1CN1CCOC1=O. The number of hydrogen-bond donors (Lipinski definition) is 1. The molecule has 1 aliphatic rings. The highest BCUT2D eigenvalue weighted by Gasteiger charge is 2.23. The molecule has 5 heteroatoms. The summed E-state index contributed by atoms with van der Waals surface area (Å²) in [6.07, 6.45) is -0.311. The van der Waals surface area contributed by atoms with Gasteiger partial charge in [0.15, 0.2) is 0 Å². The lowest BCUT2D eigenvalue weighted by Gasteiger charge is -2.15. The van der Waals surface area contributed by atoms with Crippen LogP contribution in [0.3, 0.4) is 0 Å². The maximum atomic E-state index is 11.4. The van der Waals surface area contributed by atoms with E-state index in [9.17, 15) is 4.79 Å². The van der Waals surface area contributed by atoms with Crippen LogP contribution < -0.4 is 4.74 Å². The molecule has 0 bridgehead atoms. The fourth-order valence-corrected chi connectivity index (χ4v) is 1.90. The van der Waals surface area contributed by atoms with Gasteiger partial charge in [0.1, 0.15) is 19.0 Å². The molecule has 2 rings (SSSR count). The van der Waals surface area contributed by atoms with Crippen LogP contribution in [0.25, 0.3) is 0 Å². The summed E-state index contributed by atoms with van der Waals surface area (Å²) >= 11 is 0. The number of nitrogens with zero attached hydrogens (tertiary/aromatic N) is 1. The maximum absolute atomic E-state index is 11.4. The van der Waals surface area contributed by atoms with Crippen molar-refractivity contribution in [2.24, 2.45) is 0 Å². The summed E-state index contributed by atoms with van der Waals surface area (Å²) in [4.78, 5) is 13.0. The van der Waals surface area contributed by atoms with Crippen molar-refractivity contribution in [3.63, 3.8) is 0 Å². The number of aliphatic hydroxyl groups excluding tert-OH is 1. The molecule has 1 amide bonds. The van der Waals surface area contributed by atoms with E-state index in [0.717, 1.165) is 11.1 Å². The Morgan fingerprint density at radius 3 is 3.00 bits per heavy atom. The highest BCUT2D eigenvalue weighted by molar-refractivity contribution is 5.69. The van der Waals surface area contributed by atoms with Crippen LogP contribution in [0.1, 0.15) is 11.1 Å². The second-order valence-corrected chi connectivity index (χ2v) is 4.02. The van der Waals surface area contributed by atoms with E-state index in [0.29, 0.717) is 25.4 Å². The van der Waals surface area contributed by atoms with Gasteiger partial charge in [-0.1, -0.05) is 11.8 Å². The number of benzene rings is 1. The van der Waals surface area contributed by atoms with E-state index in [2.05, 4.69) is 11.8 Å². The molecule has 0 unspecified atom stereocenters. The van der Waals surface area contributed by atoms with Crippen LogP contribution in [-0.2, 0) is 11.3 Å². The number of amides is 1. The van der Waals surface area contributed by atoms with Gasteiger partial charge in [0.25, 0.3) is 0 Å². The zero-order chi connectivity index (χ0) is 13.7. The van der Waals surface area contributed by atoms with Crippen molar-refractivity contribution in [1.82, 2.24) is 4.90 Å². The number of rotatable bonds is 3. The van der Waals surface area contributed by atoms with Crippen LogP contribution in [0.2, 0.25) is 0 Å². The standard InChI is InChI=1S/C14H15NO4/c1-18-13-5-4-11(3-2-7-16)9-12(13)10-15-6-8-19-14(15)17/h4-5,9,16H,6-8,10H2,1H3. The topological polar surface area (TPSA) is 59.0 Å². The minimum atomic E-state index is -0.311. The zero-order valence-corrected chi connectivity index (χ0v) is 10.7. The van der Waals surface area contributed by atoms with Crippen molar-refractivity contribution in [3.05, 3.63) is 29.3 Å². The van der Waals surface area contributed by atoms with Crippen molar-refractivity contribution in [3.8, 4) is 17.6 Å². The summed E-state index contributed by atoms with van der Waals surface area (Å²) in [7, 11) is 1.58. The molecule has 0 spiro atoms. The molecule has 19 heavy (non-hydrogen) atoms. The smallest absolute Gasteiger partial charge is 0.410 e. The molecule has 100 valence electrons. The number of hydrogen-bond acceptors (Lipinski definition) is 4. The molecule has 1 aromatic carbocycles. The molecule has 0 atom stereocenters. The number of methoxy groups -OCH3 is 1. The average molecular weight is 261 g/mol. The van der Waals surface area contributed by atoms with Crippen molar-refractivity contribution in [1.29, 1.82) is 0 Å². The van der Waals surface area contributed by atoms with Crippen molar-refractivity contribution < 1.29 is 19.4 Å². The van der Waals surface area contributed by atoms with E-state index >= 15 is 0 Å². The molecule has 1 aliphatic heterocycles. The van der Waals surface area contributed by atoms with E-state index in [1.54, 1.807) is 18.1 Å². The number of carbonyl (C=O) groups excluding carboxylic acids is 1. The highest BCUT2D eigenvalue weighted by Crippen LogP contribution is 2.22. The molecule has 0 radical (unpaired) electrons. The summed E-state index contributed by atoms with van der Waals surface area (Å²) in [5, 5.41) is 8.69. The Bertz CT molecular complexity index is 530. The zero-order valence-electron chi connectivity index (χ0n) is 10.7. The van der Waals surface area contributed by atoms with E-state index in [1.165, 1.54) is 0 Å². The quantitative estimate of drug-likeness (QED) is 0.824. The Hall–Kier alpha value is -2.19. The Morgan fingerprint density at radius 2 is 2.37 bits per heavy atom.